The molecule has 2 rings (SSSR count). The summed E-state index contributed by atoms with van der Waals surface area (Å²) in [7, 11) is 2.11. The van der Waals surface area contributed by atoms with Crippen LogP contribution in [0.4, 0.5) is 4.39 Å². The number of halogens is 2. The number of hydrogen-bond donors (Lipinski definition) is 1. The van der Waals surface area contributed by atoms with Gasteiger partial charge >= 0.3 is 0 Å². The molecule has 0 aromatic heterocycles. The fourth-order valence-electron chi connectivity index (χ4n) is 2.42. The van der Waals surface area contributed by atoms with Crippen LogP contribution >= 0.6 is 15.9 Å². The molecule has 0 radical (unpaired) electrons. The van der Waals surface area contributed by atoms with Crippen LogP contribution in [-0.4, -0.2) is 49.1 Å². The van der Waals surface area contributed by atoms with E-state index in [1.165, 1.54) is 6.07 Å². The molecule has 0 aliphatic carbocycles. The van der Waals surface area contributed by atoms with Gasteiger partial charge in [0.25, 0.3) is 0 Å². The number of likely N-dealkylation sites (N-methyl/N-ethyl adjacent to an activating group) is 1. The number of nitrogens with two attached hydrogens (primary N) is 1. The third-order valence-electron chi connectivity index (χ3n) is 3.39. The normalized spacial score (nSPS) is 22.3. The molecule has 0 bridgehead atoms. The highest BCUT2D eigenvalue weighted by Crippen LogP contribution is 2.18. The van der Waals surface area contributed by atoms with Crippen molar-refractivity contribution >= 4 is 15.9 Å². The van der Waals surface area contributed by atoms with E-state index in [2.05, 4.69) is 32.8 Å². The standard InChI is InChI=1S/C13H19BrFN3/c1-17-2-3-18(13(7-16)9-17)8-10-4-11(14)6-12(15)5-10/h4-6,13H,2-3,7-9,16H2,1H3. The number of hydrogen-bond acceptors (Lipinski definition) is 3. The lowest BCUT2D eigenvalue weighted by molar-refractivity contribution is 0.0880. The molecule has 1 atom stereocenters. The number of rotatable bonds is 3. The van der Waals surface area contributed by atoms with Crippen molar-refractivity contribution in [3.63, 3.8) is 0 Å². The van der Waals surface area contributed by atoms with Gasteiger partial charge in [-0.25, -0.2) is 4.39 Å². The van der Waals surface area contributed by atoms with E-state index in [0.29, 0.717) is 12.6 Å². The fourth-order valence-corrected chi connectivity index (χ4v) is 2.93. The first-order chi connectivity index (χ1) is 8.58. The number of piperazine rings is 1. The van der Waals surface area contributed by atoms with Gasteiger partial charge in [-0.05, 0) is 30.8 Å². The van der Waals surface area contributed by atoms with Crippen LogP contribution in [0.25, 0.3) is 0 Å². The Morgan fingerprint density at radius 3 is 2.83 bits per heavy atom. The van der Waals surface area contributed by atoms with Gasteiger partial charge in [-0.15, -0.1) is 0 Å². The third-order valence-corrected chi connectivity index (χ3v) is 3.85. The summed E-state index contributed by atoms with van der Waals surface area (Å²) in [6, 6.07) is 5.39. The second-order valence-corrected chi connectivity index (χ2v) is 5.82. The predicted molar refractivity (Wildman–Crippen MR) is 74.8 cm³/mol. The molecule has 1 aliphatic heterocycles. The molecule has 2 N–H and O–H groups in total. The van der Waals surface area contributed by atoms with Crippen LogP contribution in [0.1, 0.15) is 5.56 Å². The maximum absolute atomic E-state index is 13.3. The molecule has 1 aromatic carbocycles. The molecule has 3 nitrogen and oxygen atoms in total. The van der Waals surface area contributed by atoms with Gasteiger partial charge in [0.2, 0.25) is 0 Å². The molecule has 1 aliphatic rings. The first-order valence-corrected chi connectivity index (χ1v) is 6.95. The zero-order valence-corrected chi connectivity index (χ0v) is 12.2. The van der Waals surface area contributed by atoms with E-state index >= 15 is 0 Å². The van der Waals surface area contributed by atoms with Gasteiger partial charge in [0.1, 0.15) is 5.82 Å². The van der Waals surface area contributed by atoms with Crippen LogP contribution < -0.4 is 5.73 Å². The molecular formula is C13H19BrFN3. The molecule has 0 spiro atoms. The van der Waals surface area contributed by atoms with Crippen LogP contribution in [0, 0.1) is 5.82 Å². The van der Waals surface area contributed by atoms with Gasteiger partial charge in [0, 0.05) is 43.2 Å². The van der Waals surface area contributed by atoms with Crippen molar-refractivity contribution in [1.29, 1.82) is 0 Å². The molecule has 1 unspecified atom stereocenters. The van der Waals surface area contributed by atoms with Crippen molar-refractivity contribution in [1.82, 2.24) is 9.80 Å². The Labute approximate surface area is 116 Å². The molecule has 1 aromatic rings. The summed E-state index contributed by atoms with van der Waals surface area (Å²) < 4.78 is 14.1. The van der Waals surface area contributed by atoms with E-state index < -0.39 is 0 Å². The summed E-state index contributed by atoms with van der Waals surface area (Å²) in [6.07, 6.45) is 0. The maximum Gasteiger partial charge on any atom is 0.124 e. The average Bonchev–Trinajstić information content (AvgIpc) is 2.30. The largest absolute Gasteiger partial charge is 0.329 e. The highest BCUT2D eigenvalue weighted by atomic mass is 79.9. The molecule has 5 heteroatoms. The van der Waals surface area contributed by atoms with Crippen LogP contribution in [0.5, 0.6) is 0 Å². The molecule has 18 heavy (non-hydrogen) atoms. The van der Waals surface area contributed by atoms with Gasteiger partial charge in [0.05, 0.1) is 0 Å². The van der Waals surface area contributed by atoms with E-state index in [1.807, 2.05) is 6.07 Å². The first-order valence-electron chi connectivity index (χ1n) is 6.16. The van der Waals surface area contributed by atoms with E-state index in [0.717, 1.165) is 36.2 Å². The average molecular weight is 316 g/mol. The monoisotopic (exact) mass is 315 g/mol. The summed E-state index contributed by atoms with van der Waals surface area (Å²) in [5.41, 5.74) is 6.81. The number of nitrogens with zero attached hydrogens (tertiary/aromatic N) is 2. The maximum atomic E-state index is 13.3. The molecule has 0 amide bonds. The van der Waals surface area contributed by atoms with Crippen LogP contribution in [0.15, 0.2) is 22.7 Å². The lowest BCUT2D eigenvalue weighted by Crippen LogP contribution is -2.54. The zero-order valence-electron chi connectivity index (χ0n) is 10.6. The van der Waals surface area contributed by atoms with Gasteiger partial charge in [0.15, 0.2) is 0 Å². The minimum Gasteiger partial charge on any atom is -0.329 e. The van der Waals surface area contributed by atoms with Crippen molar-refractivity contribution in [2.75, 3.05) is 33.2 Å². The topological polar surface area (TPSA) is 32.5 Å². The number of benzene rings is 1. The summed E-state index contributed by atoms with van der Waals surface area (Å²) in [4.78, 5) is 4.62. The lowest BCUT2D eigenvalue weighted by Gasteiger charge is -2.39. The van der Waals surface area contributed by atoms with Crippen molar-refractivity contribution in [2.24, 2.45) is 5.73 Å². The van der Waals surface area contributed by atoms with E-state index in [-0.39, 0.29) is 5.82 Å². The van der Waals surface area contributed by atoms with E-state index in [9.17, 15) is 4.39 Å². The molecule has 1 saturated heterocycles. The minimum atomic E-state index is -0.196. The quantitative estimate of drug-likeness (QED) is 0.921. The van der Waals surface area contributed by atoms with Crippen molar-refractivity contribution in [3.8, 4) is 0 Å². The SMILES string of the molecule is CN1CCN(Cc2cc(F)cc(Br)c2)C(CN)C1. The Morgan fingerprint density at radius 1 is 1.39 bits per heavy atom. The highest BCUT2D eigenvalue weighted by molar-refractivity contribution is 9.10. The summed E-state index contributed by atoms with van der Waals surface area (Å²) in [6.45, 7) is 4.39. The second-order valence-electron chi connectivity index (χ2n) is 4.90. The summed E-state index contributed by atoms with van der Waals surface area (Å²) in [5.74, 6) is -0.196. The van der Waals surface area contributed by atoms with Crippen LogP contribution in [0.2, 0.25) is 0 Å². The first kappa shape index (κ1) is 13.9. The lowest BCUT2D eigenvalue weighted by atomic mass is 10.1. The second kappa shape index (κ2) is 6.10. The van der Waals surface area contributed by atoms with Crippen molar-refractivity contribution in [3.05, 3.63) is 34.1 Å². The fraction of sp³-hybridized carbons (Fsp3) is 0.538. The minimum absolute atomic E-state index is 0.196. The van der Waals surface area contributed by atoms with E-state index in [1.54, 1.807) is 6.07 Å². The summed E-state index contributed by atoms with van der Waals surface area (Å²) in [5, 5.41) is 0. The molecular weight excluding hydrogens is 297 g/mol. The van der Waals surface area contributed by atoms with Gasteiger partial charge in [-0.1, -0.05) is 15.9 Å². The molecule has 1 fully saturated rings. The molecule has 0 saturated carbocycles. The Bertz CT molecular complexity index is 393. The highest BCUT2D eigenvalue weighted by Gasteiger charge is 2.24. The molecule has 1 heterocycles. The zero-order chi connectivity index (χ0) is 13.1. The van der Waals surface area contributed by atoms with Gasteiger partial charge in [-0.3, -0.25) is 4.90 Å². The van der Waals surface area contributed by atoms with Gasteiger partial charge < -0.3 is 10.6 Å². The Morgan fingerprint density at radius 2 is 2.17 bits per heavy atom. The molecule has 100 valence electrons. The van der Waals surface area contributed by atoms with Crippen molar-refractivity contribution in [2.45, 2.75) is 12.6 Å². The van der Waals surface area contributed by atoms with Gasteiger partial charge in [-0.2, -0.15) is 0 Å². The predicted octanol–water partition coefficient (Wildman–Crippen LogP) is 1.66. The van der Waals surface area contributed by atoms with Crippen molar-refractivity contribution < 1.29 is 4.39 Å². The Hall–Kier alpha value is -0.490. The van der Waals surface area contributed by atoms with Crippen LogP contribution in [-0.2, 0) is 6.54 Å². The van der Waals surface area contributed by atoms with E-state index in [4.69, 9.17) is 5.73 Å². The Balaban J connectivity index is 2.07. The van der Waals surface area contributed by atoms with Crippen LogP contribution in [0.3, 0.4) is 0 Å². The Kier molecular flexibility index (Phi) is 4.72. The third kappa shape index (κ3) is 3.51. The smallest absolute Gasteiger partial charge is 0.124 e. The summed E-state index contributed by atoms with van der Waals surface area (Å²) >= 11 is 3.33.